The number of rotatable bonds is 3. The molecule has 2 nitrogen and oxygen atoms in total. The Morgan fingerprint density at radius 2 is 2.29 bits per heavy atom. The SMILES string of the molecule is CC(C)C[CH]ON. The van der Waals surface area contributed by atoms with Gasteiger partial charge in [0, 0.05) is 0 Å². The standard InChI is InChI=1S/C5H12NO/c1-5(2)3-4-7-6/h4-5H,3,6H2,1-2H3. The van der Waals surface area contributed by atoms with Crippen molar-refractivity contribution in [2.45, 2.75) is 20.3 Å². The molecular weight excluding hydrogens is 90.1 g/mol. The summed E-state index contributed by atoms with van der Waals surface area (Å²) in [4.78, 5) is 4.23. The highest BCUT2D eigenvalue weighted by atomic mass is 16.6. The van der Waals surface area contributed by atoms with Gasteiger partial charge in [0.15, 0.2) is 0 Å². The second-order valence-corrected chi connectivity index (χ2v) is 1.93. The Hall–Kier alpha value is -0.0800. The van der Waals surface area contributed by atoms with Crippen molar-refractivity contribution in [3.05, 3.63) is 6.61 Å². The molecule has 0 rings (SSSR count). The highest BCUT2D eigenvalue weighted by Gasteiger charge is 1.90. The van der Waals surface area contributed by atoms with E-state index in [4.69, 9.17) is 5.90 Å². The van der Waals surface area contributed by atoms with Gasteiger partial charge in [-0.25, -0.2) is 5.90 Å². The van der Waals surface area contributed by atoms with E-state index < -0.39 is 0 Å². The van der Waals surface area contributed by atoms with Crippen LogP contribution in [0.1, 0.15) is 20.3 Å². The van der Waals surface area contributed by atoms with Gasteiger partial charge in [0.05, 0.1) is 0 Å². The summed E-state index contributed by atoms with van der Waals surface area (Å²) in [6.45, 7) is 5.82. The van der Waals surface area contributed by atoms with E-state index >= 15 is 0 Å². The van der Waals surface area contributed by atoms with Crippen molar-refractivity contribution < 1.29 is 4.84 Å². The van der Waals surface area contributed by atoms with Gasteiger partial charge in [-0.2, -0.15) is 0 Å². The summed E-state index contributed by atoms with van der Waals surface area (Å²) in [5, 5.41) is 0. The van der Waals surface area contributed by atoms with Crippen LogP contribution in [-0.4, -0.2) is 0 Å². The maximum Gasteiger partial charge on any atom is 0.107 e. The lowest BCUT2D eigenvalue weighted by molar-refractivity contribution is 0.190. The fourth-order valence-electron chi connectivity index (χ4n) is 0.248. The Morgan fingerprint density at radius 1 is 1.71 bits per heavy atom. The summed E-state index contributed by atoms with van der Waals surface area (Å²) in [6.07, 6.45) is 0.927. The average Bonchev–Trinajstić information content (AvgIpc) is 1.61. The average molecular weight is 102 g/mol. The molecule has 0 spiro atoms. The van der Waals surface area contributed by atoms with Crippen LogP contribution in [0.4, 0.5) is 0 Å². The highest BCUT2D eigenvalue weighted by Crippen LogP contribution is 2.00. The van der Waals surface area contributed by atoms with Crippen molar-refractivity contribution in [1.29, 1.82) is 0 Å². The van der Waals surface area contributed by atoms with Crippen LogP contribution in [0.3, 0.4) is 0 Å². The molecule has 2 N–H and O–H groups in total. The minimum Gasteiger partial charge on any atom is -0.298 e. The third kappa shape index (κ3) is 5.92. The Bertz CT molecular complexity index is 37.1. The van der Waals surface area contributed by atoms with Crippen LogP contribution in [0.15, 0.2) is 0 Å². The van der Waals surface area contributed by atoms with E-state index in [0.717, 1.165) is 6.42 Å². The molecule has 43 valence electrons. The Balaban J connectivity index is 2.68. The Kier molecular flexibility index (Phi) is 4.04. The summed E-state index contributed by atoms with van der Waals surface area (Å²) in [7, 11) is 0. The first-order chi connectivity index (χ1) is 3.27. The van der Waals surface area contributed by atoms with E-state index in [-0.39, 0.29) is 0 Å². The lowest BCUT2D eigenvalue weighted by atomic mass is 10.1. The van der Waals surface area contributed by atoms with Gasteiger partial charge >= 0.3 is 0 Å². The minimum atomic E-state index is 0.642. The summed E-state index contributed by atoms with van der Waals surface area (Å²) < 4.78 is 0. The maximum atomic E-state index is 4.72. The third-order valence-corrected chi connectivity index (χ3v) is 0.664. The molecule has 0 fully saturated rings. The van der Waals surface area contributed by atoms with Crippen LogP contribution in [-0.2, 0) is 4.84 Å². The zero-order valence-electron chi connectivity index (χ0n) is 4.85. The first-order valence-corrected chi connectivity index (χ1v) is 2.44. The van der Waals surface area contributed by atoms with Crippen LogP contribution in [0.2, 0.25) is 0 Å². The van der Waals surface area contributed by atoms with Gasteiger partial charge < -0.3 is 0 Å². The van der Waals surface area contributed by atoms with Crippen LogP contribution in [0.25, 0.3) is 0 Å². The molecule has 0 unspecified atom stereocenters. The molecule has 0 aromatic heterocycles. The molecule has 0 aliphatic heterocycles. The van der Waals surface area contributed by atoms with Gasteiger partial charge in [-0.1, -0.05) is 13.8 Å². The van der Waals surface area contributed by atoms with Gasteiger partial charge in [0.2, 0.25) is 0 Å². The molecule has 0 saturated heterocycles. The summed E-state index contributed by atoms with van der Waals surface area (Å²) in [5.41, 5.74) is 0. The van der Waals surface area contributed by atoms with E-state index in [9.17, 15) is 0 Å². The second kappa shape index (κ2) is 4.09. The summed E-state index contributed by atoms with van der Waals surface area (Å²) >= 11 is 0. The normalized spacial score (nSPS) is 10.3. The van der Waals surface area contributed by atoms with Gasteiger partial charge in [-0.3, -0.25) is 4.84 Å². The van der Waals surface area contributed by atoms with E-state index in [1.807, 2.05) is 0 Å². The quantitative estimate of drug-likeness (QED) is 0.541. The van der Waals surface area contributed by atoms with E-state index in [0.29, 0.717) is 5.92 Å². The van der Waals surface area contributed by atoms with E-state index in [1.165, 1.54) is 0 Å². The summed E-state index contributed by atoms with van der Waals surface area (Å²) in [6, 6.07) is 0. The van der Waals surface area contributed by atoms with Gasteiger partial charge in [0.25, 0.3) is 0 Å². The summed E-state index contributed by atoms with van der Waals surface area (Å²) in [5.74, 6) is 5.36. The van der Waals surface area contributed by atoms with Gasteiger partial charge in [-0.15, -0.1) is 0 Å². The monoisotopic (exact) mass is 102 g/mol. The molecule has 7 heavy (non-hydrogen) atoms. The van der Waals surface area contributed by atoms with Crippen molar-refractivity contribution in [2.75, 3.05) is 0 Å². The minimum absolute atomic E-state index is 0.642. The fraction of sp³-hybridized carbons (Fsp3) is 0.800. The number of hydrogen-bond acceptors (Lipinski definition) is 2. The smallest absolute Gasteiger partial charge is 0.107 e. The molecule has 0 aliphatic rings. The first-order valence-electron chi connectivity index (χ1n) is 2.44. The molecule has 0 aromatic rings. The van der Waals surface area contributed by atoms with E-state index in [1.54, 1.807) is 6.61 Å². The Morgan fingerprint density at radius 3 is 2.43 bits per heavy atom. The van der Waals surface area contributed by atoms with Crippen LogP contribution < -0.4 is 5.90 Å². The van der Waals surface area contributed by atoms with Crippen LogP contribution >= 0.6 is 0 Å². The molecule has 0 aromatic carbocycles. The lowest BCUT2D eigenvalue weighted by Gasteiger charge is -1.98. The predicted octanol–water partition coefficient (Wildman–Crippen LogP) is 1.08. The van der Waals surface area contributed by atoms with Crippen molar-refractivity contribution >= 4 is 0 Å². The van der Waals surface area contributed by atoms with Crippen molar-refractivity contribution in [3.8, 4) is 0 Å². The molecule has 0 atom stereocenters. The molecule has 2 heteroatoms. The number of nitrogens with two attached hydrogens (primary N) is 1. The Labute approximate surface area is 44.6 Å². The number of hydrogen-bond donors (Lipinski definition) is 1. The topological polar surface area (TPSA) is 35.2 Å². The third-order valence-electron chi connectivity index (χ3n) is 0.664. The van der Waals surface area contributed by atoms with Crippen LogP contribution in [0.5, 0.6) is 0 Å². The van der Waals surface area contributed by atoms with Crippen molar-refractivity contribution in [2.24, 2.45) is 11.8 Å². The highest BCUT2D eigenvalue weighted by molar-refractivity contribution is 4.51. The molecule has 0 heterocycles. The van der Waals surface area contributed by atoms with E-state index in [2.05, 4.69) is 18.7 Å². The zero-order chi connectivity index (χ0) is 5.70. The van der Waals surface area contributed by atoms with Crippen molar-refractivity contribution in [3.63, 3.8) is 0 Å². The van der Waals surface area contributed by atoms with Gasteiger partial charge in [-0.05, 0) is 12.3 Å². The fourth-order valence-corrected chi connectivity index (χ4v) is 0.248. The molecule has 0 aliphatic carbocycles. The zero-order valence-corrected chi connectivity index (χ0v) is 4.85. The maximum absolute atomic E-state index is 4.72. The van der Waals surface area contributed by atoms with Crippen molar-refractivity contribution in [1.82, 2.24) is 0 Å². The lowest BCUT2D eigenvalue weighted by Crippen LogP contribution is -1.97. The molecule has 0 bridgehead atoms. The molecular formula is C5H12NO. The predicted molar refractivity (Wildman–Crippen MR) is 29.0 cm³/mol. The molecule has 0 saturated carbocycles. The van der Waals surface area contributed by atoms with Crippen LogP contribution in [0, 0.1) is 12.5 Å². The second-order valence-electron chi connectivity index (χ2n) is 1.93. The molecule has 1 radical (unpaired) electrons. The first kappa shape index (κ1) is 6.92. The van der Waals surface area contributed by atoms with Gasteiger partial charge in [0.1, 0.15) is 6.61 Å². The largest absolute Gasteiger partial charge is 0.298 e. The molecule has 0 amide bonds.